The molecule has 5 heteroatoms. The minimum atomic E-state index is -0.285. The molecule has 0 bridgehead atoms. The van der Waals surface area contributed by atoms with E-state index in [1.807, 2.05) is 17.5 Å². The molecule has 1 N–H and O–H groups in total. The Morgan fingerprint density at radius 3 is 2.62 bits per heavy atom. The lowest BCUT2D eigenvalue weighted by molar-refractivity contribution is 0.626. The van der Waals surface area contributed by atoms with Gasteiger partial charge in [0.15, 0.2) is 0 Å². The summed E-state index contributed by atoms with van der Waals surface area (Å²) >= 11 is 9.35. The van der Waals surface area contributed by atoms with Crippen molar-refractivity contribution >= 4 is 40.0 Å². The highest BCUT2D eigenvalue weighted by atomic mass is 35.5. The number of nitrogens with one attached hydrogen (secondary N) is 1. The monoisotopic (exact) mass is 337 g/mol. The Balaban J connectivity index is 1.87. The summed E-state index contributed by atoms with van der Waals surface area (Å²) in [6, 6.07) is 12.8. The van der Waals surface area contributed by atoms with Gasteiger partial charge in [0.25, 0.3) is 0 Å². The molecule has 2 heterocycles. The Morgan fingerprint density at radius 2 is 1.90 bits per heavy atom. The standard InChI is InChI=1S/C16H13ClFNS2/c17-11-5-6-13(18)14(9-11)19-15(16-4-2-8-21-16)10-12-3-1-7-20-12/h1-9,15,19H,10H2. The lowest BCUT2D eigenvalue weighted by atomic mass is 10.1. The molecule has 0 fully saturated rings. The first kappa shape index (κ1) is 14.6. The SMILES string of the molecule is Fc1ccc(Cl)cc1NC(Cc1cccs1)c1cccs1. The van der Waals surface area contributed by atoms with Crippen molar-refractivity contribution in [2.24, 2.45) is 0 Å². The molecule has 1 aromatic carbocycles. The summed E-state index contributed by atoms with van der Waals surface area (Å²) < 4.78 is 13.9. The van der Waals surface area contributed by atoms with Crippen LogP contribution in [-0.4, -0.2) is 0 Å². The predicted octanol–water partition coefficient (Wildman–Crippen LogP) is 6.00. The van der Waals surface area contributed by atoms with Gasteiger partial charge in [-0.3, -0.25) is 0 Å². The fourth-order valence-corrected chi connectivity index (χ4v) is 3.84. The van der Waals surface area contributed by atoms with Crippen LogP contribution in [0.4, 0.5) is 10.1 Å². The Morgan fingerprint density at radius 1 is 1.10 bits per heavy atom. The minimum Gasteiger partial charge on any atom is -0.375 e. The van der Waals surface area contributed by atoms with Gasteiger partial charge < -0.3 is 5.32 Å². The molecule has 2 aromatic heterocycles. The van der Waals surface area contributed by atoms with Crippen molar-refractivity contribution in [2.45, 2.75) is 12.5 Å². The Bertz CT molecular complexity index is 695. The van der Waals surface area contributed by atoms with Gasteiger partial charge in [0.1, 0.15) is 5.82 Å². The first-order valence-corrected chi connectivity index (χ1v) is 8.63. The summed E-state index contributed by atoms with van der Waals surface area (Å²) in [6.45, 7) is 0. The molecule has 1 atom stereocenters. The van der Waals surface area contributed by atoms with Crippen molar-refractivity contribution in [3.63, 3.8) is 0 Å². The maximum absolute atomic E-state index is 13.9. The van der Waals surface area contributed by atoms with Crippen LogP contribution in [0.2, 0.25) is 5.02 Å². The number of hydrogen-bond donors (Lipinski definition) is 1. The van der Waals surface area contributed by atoms with Crippen molar-refractivity contribution in [1.82, 2.24) is 0 Å². The highest BCUT2D eigenvalue weighted by Gasteiger charge is 2.16. The molecule has 0 spiro atoms. The summed E-state index contributed by atoms with van der Waals surface area (Å²) in [7, 11) is 0. The summed E-state index contributed by atoms with van der Waals surface area (Å²) in [4.78, 5) is 2.45. The number of anilines is 1. The molecular formula is C16H13ClFNS2. The Labute approximate surface area is 136 Å². The molecule has 0 saturated heterocycles. The lowest BCUT2D eigenvalue weighted by Crippen LogP contribution is -2.13. The first-order valence-electron chi connectivity index (χ1n) is 6.50. The van der Waals surface area contributed by atoms with Crippen LogP contribution in [0.3, 0.4) is 0 Å². The van der Waals surface area contributed by atoms with E-state index in [1.54, 1.807) is 34.8 Å². The second-order valence-corrected chi connectivity index (χ2v) is 7.07. The summed E-state index contributed by atoms with van der Waals surface area (Å²) in [5.74, 6) is -0.285. The summed E-state index contributed by atoms with van der Waals surface area (Å²) in [5, 5.41) is 7.90. The number of halogens is 2. The van der Waals surface area contributed by atoms with Crippen LogP contribution in [0.25, 0.3) is 0 Å². The van der Waals surface area contributed by atoms with Gasteiger partial charge in [-0.15, -0.1) is 22.7 Å². The molecule has 0 aliphatic heterocycles. The average molecular weight is 338 g/mol. The van der Waals surface area contributed by atoms with Gasteiger partial charge in [0.2, 0.25) is 0 Å². The zero-order valence-electron chi connectivity index (χ0n) is 11.1. The van der Waals surface area contributed by atoms with E-state index in [1.165, 1.54) is 15.8 Å². The fraction of sp³-hybridized carbons (Fsp3) is 0.125. The average Bonchev–Trinajstić information content (AvgIpc) is 3.14. The van der Waals surface area contributed by atoms with Gasteiger partial charge in [-0.2, -0.15) is 0 Å². The van der Waals surface area contributed by atoms with Crippen molar-refractivity contribution in [2.75, 3.05) is 5.32 Å². The molecule has 0 aliphatic rings. The Hall–Kier alpha value is -1.36. The fourth-order valence-electron chi connectivity index (χ4n) is 2.14. The van der Waals surface area contributed by atoms with Gasteiger partial charge in [0.05, 0.1) is 11.7 Å². The van der Waals surface area contributed by atoms with Gasteiger partial charge >= 0.3 is 0 Å². The highest BCUT2D eigenvalue weighted by Crippen LogP contribution is 2.30. The highest BCUT2D eigenvalue weighted by molar-refractivity contribution is 7.10. The summed E-state index contributed by atoms with van der Waals surface area (Å²) in [6.07, 6.45) is 0.824. The topological polar surface area (TPSA) is 12.0 Å². The van der Waals surface area contributed by atoms with E-state index < -0.39 is 0 Å². The number of rotatable bonds is 5. The van der Waals surface area contributed by atoms with Gasteiger partial charge in [-0.05, 0) is 41.1 Å². The van der Waals surface area contributed by atoms with E-state index in [4.69, 9.17) is 11.6 Å². The van der Waals surface area contributed by atoms with Crippen molar-refractivity contribution in [1.29, 1.82) is 0 Å². The molecule has 3 aromatic rings. The predicted molar refractivity (Wildman–Crippen MR) is 90.1 cm³/mol. The van der Waals surface area contributed by atoms with Crippen LogP contribution in [0.5, 0.6) is 0 Å². The molecule has 0 amide bonds. The zero-order valence-corrected chi connectivity index (χ0v) is 13.4. The van der Waals surface area contributed by atoms with Crippen LogP contribution in [0, 0.1) is 5.82 Å². The zero-order chi connectivity index (χ0) is 14.7. The second-order valence-electron chi connectivity index (χ2n) is 4.62. The lowest BCUT2D eigenvalue weighted by Gasteiger charge is -2.19. The number of hydrogen-bond acceptors (Lipinski definition) is 3. The number of benzene rings is 1. The minimum absolute atomic E-state index is 0.0385. The summed E-state index contributed by atoms with van der Waals surface area (Å²) in [5.41, 5.74) is 0.442. The van der Waals surface area contributed by atoms with Crippen molar-refractivity contribution in [3.05, 3.63) is 73.8 Å². The molecule has 0 radical (unpaired) electrons. The van der Waals surface area contributed by atoms with Gasteiger partial charge in [0, 0.05) is 21.2 Å². The molecule has 1 unspecified atom stereocenters. The third-order valence-electron chi connectivity index (χ3n) is 3.13. The third kappa shape index (κ3) is 3.64. The number of thiophene rings is 2. The maximum Gasteiger partial charge on any atom is 0.146 e. The van der Waals surface area contributed by atoms with E-state index in [0.29, 0.717) is 10.7 Å². The smallest absolute Gasteiger partial charge is 0.146 e. The largest absolute Gasteiger partial charge is 0.375 e. The van der Waals surface area contributed by atoms with Crippen LogP contribution in [0.1, 0.15) is 15.8 Å². The van der Waals surface area contributed by atoms with E-state index in [2.05, 4.69) is 22.8 Å². The van der Waals surface area contributed by atoms with Crippen LogP contribution < -0.4 is 5.32 Å². The second kappa shape index (κ2) is 6.60. The molecule has 21 heavy (non-hydrogen) atoms. The third-order valence-corrected chi connectivity index (χ3v) is 5.25. The molecule has 108 valence electrons. The van der Waals surface area contributed by atoms with Gasteiger partial charge in [-0.1, -0.05) is 23.7 Å². The maximum atomic E-state index is 13.9. The quantitative estimate of drug-likeness (QED) is 0.602. The van der Waals surface area contributed by atoms with Crippen LogP contribution in [-0.2, 0) is 6.42 Å². The molecule has 3 rings (SSSR count). The van der Waals surface area contributed by atoms with Crippen LogP contribution >= 0.6 is 34.3 Å². The van der Waals surface area contributed by atoms with E-state index >= 15 is 0 Å². The van der Waals surface area contributed by atoms with E-state index in [0.717, 1.165) is 6.42 Å². The Kier molecular flexibility index (Phi) is 4.58. The molecule has 0 aliphatic carbocycles. The normalized spacial score (nSPS) is 12.3. The van der Waals surface area contributed by atoms with Gasteiger partial charge in [-0.25, -0.2) is 4.39 Å². The first-order chi connectivity index (χ1) is 10.2. The van der Waals surface area contributed by atoms with Crippen molar-refractivity contribution in [3.8, 4) is 0 Å². The molecule has 0 saturated carbocycles. The van der Waals surface area contributed by atoms with E-state index in [-0.39, 0.29) is 11.9 Å². The van der Waals surface area contributed by atoms with Crippen molar-refractivity contribution < 1.29 is 4.39 Å². The molecular weight excluding hydrogens is 325 g/mol. The van der Waals surface area contributed by atoms with E-state index in [9.17, 15) is 4.39 Å². The molecule has 1 nitrogen and oxygen atoms in total. The van der Waals surface area contributed by atoms with Crippen LogP contribution in [0.15, 0.2) is 53.2 Å².